The summed E-state index contributed by atoms with van der Waals surface area (Å²) in [4.78, 5) is 12.1. The average Bonchev–Trinajstić information content (AvgIpc) is 3.09. The van der Waals surface area contributed by atoms with Crippen LogP contribution in [0.15, 0.2) is 65.1 Å². The zero-order chi connectivity index (χ0) is 20.5. The lowest BCUT2D eigenvalue weighted by atomic mass is 9.99. The predicted molar refractivity (Wildman–Crippen MR) is 109 cm³/mol. The number of nitrogens with zero attached hydrogens (tertiary/aromatic N) is 1. The van der Waals surface area contributed by atoms with Crippen LogP contribution in [-0.4, -0.2) is 29.8 Å². The van der Waals surface area contributed by atoms with Gasteiger partial charge >= 0.3 is 5.97 Å². The molecule has 0 saturated heterocycles. The van der Waals surface area contributed by atoms with Crippen molar-refractivity contribution in [3.05, 3.63) is 76.9 Å². The molecule has 1 aliphatic heterocycles. The second-order valence-electron chi connectivity index (χ2n) is 7.05. The molecule has 2 aromatic rings. The fourth-order valence-corrected chi connectivity index (χ4v) is 5.40. The summed E-state index contributed by atoms with van der Waals surface area (Å²) in [5.74, 6) is -1.09. The van der Waals surface area contributed by atoms with Gasteiger partial charge in [-0.25, -0.2) is 13.2 Å². The predicted octanol–water partition coefficient (Wildman–Crippen LogP) is 4.09. The van der Waals surface area contributed by atoms with Crippen molar-refractivity contribution in [2.24, 2.45) is 0 Å². The number of sulfonamides is 1. The van der Waals surface area contributed by atoms with E-state index in [4.69, 9.17) is 0 Å². The fourth-order valence-electron chi connectivity index (χ4n) is 3.60. The maximum Gasteiger partial charge on any atom is 0.333 e. The highest BCUT2D eigenvalue weighted by Crippen LogP contribution is 2.42. The molecule has 0 fully saturated rings. The monoisotopic (exact) mass is 399 g/mol. The van der Waals surface area contributed by atoms with Crippen molar-refractivity contribution in [2.45, 2.75) is 50.6 Å². The van der Waals surface area contributed by atoms with Gasteiger partial charge in [-0.05, 0) is 43.0 Å². The minimum atomic E-state index is -3.88. The molecule has 1 heterocycles. The molecule has 0 aliphatic carbocycles. The Balaban J connectivity index is 2.14. The number of rotatable bonds is 6. The first kappa shape index (κ1) is 20.3. The number of carboxylic acid groups (broad SMARTS) is 1. The maximum atomic E-state index is 13.5. The zero-order valence-electron chi connectivity index (χ0n) is 16.3. The molecule has 0 unspecified atom stereocenters. The van der Waals surface area contributed by atoms with E-state index in [0.717, 1.165) is 17.5 Å². The largest absolute Gasteiger partial charge is 0.478 e. The molecule has 0 aromatic heterocycles. The molecule has 6 heteroatoms. The number of carbonyl (C=O) groups is 1. The quantitative estimate of drug-likeness (QED) is 0.794. The summed E-state index contributed by atoms with van der Waals surface area (Å²) in [6.45, 7) is 5.79. The van der Waals surface area contributed by atoms with Gasteiger partial charge in [0.1, 0.15) is 0 Å². The topological polar surface area (TPSA) is 74.7 Å². The molecule has 28 heavy (non-hydrogen) atoms. The van der Waals surface area contributed by atoms with Crippen molar-refractivity contribution in [3.8, 4) is 0 Å². The van der Waals surface area contributed by atoms with Crippen molar-refractivity contribution in [3.63, 3.8) is 0 Å². The number of hydrogen-bond acceptors (Lipinski definition) is 3. The van der Waals surface area contributed by atoms with Crippen molar-refractivity contribution in [2.75, 3.05) is 0 Å². The summed E-state index contributed by atoms with van der Waals surface area (Å²) in [5.41, 5.74) is 2.84. The highest BCUT2D eigenvalue weighted by molar-refractivity contribution is 7.89. The Bertz CT molecular complexity index is 992. The van der Waals surface area contributed by atoms with Gasteiger partial charge in [0.15, 0.2) is 0 Å². The van der Waals surface area contributed by atoms with Gasteiger partial charge in [-0.1, -0.05) is 61.9 Å². The van der Waals surface area contributed by atoms with E-state index in [1.807, 2.05) is 45.0 Å². The standard InChI is InChI=1S/C22H25NO4S/c1-4-16-8-10-17(11-9-16)21-20(22(24)25)14-18(5-2)23(21)28(26,27)19-12-6-15(3)7-13-19/h6-14,18,21H,4-5H2,1-3H3,(H,24,25)/t18-,21+/m0/s1. The van der Waals surface area contributed by atoms with Crippen LogP contribution in [0.4, 0.5) is 0 Å². The molecular formula is C22H25NO4S. The van der Waals surface area contributed by atoms with E-state index in [9.17, 15) is 18.3 Å². The highest BCUT2D eigenvalue weighted by Gasteiger charge is 2.45. The Kier molecular flexibility index (Phi) is 5.72. The Morgan fingerprint density at radius 2 is 1.64 bits per heavy atom. The van der Waals surface area contributed by atoms with Crippen LogP contribution in [0.2, 0.25) is 0 Å². The minimum absolute atomic E-state index is 0.104. The summed E-state index contributed by atoms with van der Waals surface area (Å²) < 4.78 is 28.3. The lowest BCUT2D eigenvalue weighted by Gasteiger charge is -2.30. The van der Waals surface area contributed by atoms with E-state index in [0.29, 0.717) is 12.0 Å². The Morgan fingerprint density at radius 3 is 2.14 bits per heavy atom. The Morgan fingerprint density at radius 1 is 1.04 bits per heavy atom. The second kappa shape index (κ2) is 7.89. The molecule has 0 saturated carbocycles. The molecule has 148 valence electrons. The van der Waals surface area contributed by atoms with E-state index in [2.05, 4.69) is 0 Å². The lowest BCUT2D eigenvalue weighted by Crippen LogP contribution is -2.38. The number of carboxylic acids is 1. The maximum absolute atomic E-state index is 13.5. The molecule has 2 aromatic carbocycles. The van der Waals surface area contributed by atoms with E-state index >= 15 is 0 Å². The van der Waals surface area contributed by atoms with Crippen LogP contribution in [0.1, 0.15) is 43.0 Å². The van der Waals surface area contributed by atoms with Gasteiger partial charge < -0.3 is 5.11 Å². The molecule has 1 N–H and O–H groups in total. The van der Waals surface area contributed by atoms with Crippen molar-refractivity contribution >= 4 is 16.0 Å². The third kappa shape index (κ3) is 3.62. The van der Waals surface area contributed by atoms with E-state index in [-0.39, 0.29) is 10.5 Å². The van der Waals surface area contributed by atoms with Crippen LogP contribution in [0.3, 0.4) is 0 Å². The van der Waals surface area contributed by atoms with Gasteiger partial charge in [0.2, 0.25) is 10.0 Å². The van der Waals surface area contributed by atoms with E-state index < -0.39 is 28.1 Å². The first-order chi connectivity index (χ1) is 13.3. The third-order valence-corrected chi connectivity index (χ3v) is 7.12. The summed E-state index contributed by atoms with van der Waals surface area (Å²) in [7, 11) is -3.88. The molecule has 0 bridgehead atoms. The molecule has 3 rings (SSSR count). The normalized spacial score (nSPS) is 20.2. The summed E-state index contributed by atoms with van der Waals surface area (Å²) >= 11 is 0. The first-order valence-electron chi connectivity index (χ1n) is 9.43. The summed E-state index contributed by atoms with van der Waals surface area (Å²) in [6, 6.07) is 12.8. The number of aryl methyl sites for hydroxylation is 2. The Hall–Kier alpha value is -2.44. The zero-order valence-corrected chi connectivity index (χ0v) is 17.1. The number of benzene rings is 2. The van der Waals surface area contributed by atoms with Gasteiger partial charge in [0.25, 0.3) is 0 Å². The van der Waals surface area contributed by atoms with Crippen LogP contribution in [0.25, 0.3) is 0 Å². The average molecular weight is 400 g/mol. The molecular weight excluding hydrogens is 374 g/mol. The van der Waals surface area contributed by atoms with Crippen molar-refractivity contribution < 1.29 is 18.3 Å². The number of aliphatic carboxylic acids is 1. The van der Waals surface area contributed by atoms with Crippen LogP contribution in [0, 0.1) is 6.92 Å². The first-order valence-corrected chi connectivity index (χ1v) is 10.9. The minimum Gasteiger partial charge on any atom is -0.478 e. The van der Waals surface area contributed by atoms with Crippen LogP contribution >= 0.6 is 0 Å². The van der Waals surface area contributed by atoms with Crippen LogP contribution < -0.4 is 0 Å². The number of hydrogen-bond donors (Lipinski definition) is 1. The van der Waals surface area contributed by atoms with Gasteiger partial charge in [0.05, 0.1) is 16.5 Å². The molecule has 0 amide bonds. The van der Waals surface area contributed by atoms with E-state index in [1.54, 1.807) is 30.3 Å². The van der Waals surface area contributed by atoms with Gasteiger partial charge in [-0.15, -0.1) is 0 Å². The molecule has 0 spiro atoms. The molecule has 0 radical (unpaired) electrons. The van der Waals surface area contributed by atoms with Crippen molar-refractivity contribution in [1.82, 2.24) is 4.31 Å². The summed E-state index contributed by atoms with van der Waals surface area (Å²) in [6.07, 6.45) is 2.92. The molecule has 2 atom stereocenters. The highest BCUT2D eigenvalue weighted by atomic mass is 32.2. The van der Waals surface area contributed by atoms with Crippen molar-refractivity contribution in [1.29, 1.82) is 0 Å². The van der Waals surface area contributed by atoms with Crippen LogP contribution in [0.5, 0.6) is 0 Å². The van der Waals surface area contributed by atoms with E-state index in [1.165, 1.54) is 4.31 Å². The van der Waals surface area contributed by atoms with Gasteiger partial charge in [-0.2, -0.15) is 4.31 Å². The molecule has 1 aliphatic rings. The van der Waals surface area contributed by atoms with Crippen LogP contribution in [-0.2, 0) is 21.2 Å². The summed E-state index contributed by atoms with van der Waals surface area (Å²) in [5, 5.41) is 9.76. The third-order valence-electron chi connectivity index (χ3n) is 5.21. The smallest absolute Gasteiger partial charge is 0.333 e. The lowest BCUT2D eigenvalue weighted by molar-refractivity contribution is -0.133. The second-order valence-corrected chi connectivity index (χ2v) is 8.89. The SMILES string of the molecule is CCc1ccc([C@@H]2C(C(=O)O)=C[C@H](CC)N2S(=O)(=O)c2ccc(C)cc2)cc1. The van der Waals surface area contributed by atoms with Gasteiger partial charge in [-0.3, -0.25) is 0 Å². The molecule has 5 nitrogen and oxygen atoms in total. The fraction of sp³-hybridized carbons (Fsp3) is 0.318. The van der Waals surface area contributed by atoms with Gasteiger partial charge in [0, 0.05) is 6.04 Å². The Labute approximate surface area is 166 Å².